The van der Waals surface area contributed by atoms with Crippen LogP contribution in [0.1, 0.15) is 0 Å². The van der Waals surface area contributed by atoms with E-state index in [1.54, 1.807) is 0 Å². The minimum absolute atomic E-state index is 1.19. The molecule has 4 aromatic carbocycles. The van der Waals surface area contributed by atoms with Crippen molar-refractivity contribution in [2.45, 2.75) is 0 Å². The number of fused-ring (bicyclic) bond motifs is 3. The van der Waals surface area contributed by atoms with Crippen LogP contribution in [-0.4, -0.2) is 4.57 Å². The van der Waals surface area contributed by atoms with E-state index in [9.17, 15) is 0 Å². The number of hydrogen-bond donors (Lipinski definition) is 0. The minimum atomic E-state index is 1.19. The van der Waals surface area contributed by atoms with Crippen molar-refractivity contribution < 1.29 is 0 Å². The van der Waals surface area contributed by atoms with Crippen LogP contribution in [0.2, 0.25) is 0 Å². The first-order valence-corrected chi connectivity index (χ1v) is 9.33. The quantitative estimate of drug-likeness (QED) is 0.346. The standard InChI is InChI=1S/C24H18NP/c26-20-13-14-24-22(16-20)21-11-4-5-12-23(21)25(24)19-10-6-9-18(15-19)17-7-2-1-3-8-17/h1-16H,26H2. The van der Waals surface area contributed by atoms with E-state index < -0.39 is 0 Å². The highest BCUT2D eigenvalue weighted by atomic mass is 31.0. The molecule has 5 aromatic rings. The molecule has 0 N–H and O–H groups in total. The molecule has 124 valence electrons. The Morgan fingerprint density at radius 3 is 2.15 bits per heavy atom. The van der Waals surface area contributed by atoms with Crippen LogP contribution in [0.4, 0.5) is 0 Å². The topological polar surface area (TPSA) is 4.93 Å². The maximum absolute atomic E-state index is 2.80. The molecule has 0 radical (unpaired) electrons. The zero-order valence-electron chi connectivity index (χ0n) is 14.3. The SMILES string of the molecule is Pc1ccc2c(c1)c1ccccc1n2-c1cccc(-c2ccccc2)c1. The van der Waals surface area contributed by atoms with Gasteiger partial charge in [-0.05, 0) is 46.8 Å². The van der Waals surface area contributed by atoms with E-state index in [1.165, 1.54) is 43.9 Å². The highest BCUT2D eigenvalue weighted by Gasteiger charge is 2.12. The summed E-state index contributed by atoms with van der Waals surface area (Å²) in [5.41, 5.74) is 6.14. The lowest BCUT2D eigenvalue weighted by atomic mass is 10.1. The molecule has 1 nitrogen and oxygen atoms in total. The van der Waals surface area contributed by atoms with Gasteiger partial charge >= 0.3 is 0 Å². The van der Waals surface area contributed by atoms with Gasteiger partial charge in [0.05, 0.1) is 11.0 Å². The number of nitrogens with zero attached hydrogens (tertiary/aromatic N) is 1. The summed E-state index contributed by atoms with van der Waals surface area (Å²) in [6, 6.07) is 34.6. The molecule has 0 saturated heterocycles. The first-order valence-electron chi connectivity index (χ1n) is 8.76. The third kappa shape index (κ3) is 2.44. The molecule has 0 saturated carbocycles. The van der Waals surface area contributed by atoms with Gasteiger partial charge in [-0.1, -0.05) is 66.7 Å². The first-order chi connectivity index (χ1) is 12.8. The van der Waals surface area contributed by atoms with Crippen molar-refractivity contribution in [3.63, 3.8) is 0 Å². The van der Waals surface area contributed by atoms with Gasteiger partial charge < -0.3 is 4.57 Å². The molecule has 1 unspecified atom stereocenters. The predicted octanol–water partition coefficient (Wildman–Crippen LogP) is 5.95. The molecule has 26 heavy (non-hydrogen) atoms. The van der Waals surface area contributed by atoms with Crippen molar-refractivity contribution in [2.24, 2.45) is 0 Å². The fourth-order valence-electron chi connectivity index (χ4n) is 3.72. The smallest absolute Gasteiger partial charge is 0.0541 e. The van der Waals surface area contributed by atoms with E-state index >= 15 is 0 Å². The number of para-hydroxylation sites is 1. The number of benzene rings is 4. The Labute approximate surface area is 155 Å². The zero-order valence-corrected chi connectivity index (χ0v) is 15.4. The monoisotopic (exact) mass is 351 g/mol. The summed E-state index contributed by atoms with van der Waals surface area (Å²) < 4.78 is 2.36. The Hall–Kier alpha value is -2.89. The first kappa shape index (κ1) is 15.4. The fourth-order valence-corrected chi connectivity index (χ4v) is 3.99. The lowest BCUT2D eigenvalue weighted by Crippen LogP contribution is -1.95. The zero-order chi connectivity index (χ0) is 17.5. The van der Waals surface area contributed by atoms with E-state index in [0.717, 1.165) is 0 Å². The lowest BCUT2D eigenvalue weighted by Gasteiger charge is -2.10. The summed E-state index contributed by atoms with van der Waals surface area (Å²) in [6.45, 7) is 0. The van der Waals surface area contributed by atoms with Crippen LogP contribution in [0, 0.1) is 0 Å². The van der Waals surface area contributed by atoms with Crippen molar-refractivity contribution in [1.29, 1.82) is 0 Å². The molecule has 1 aromatic heterocycles. The van der Waals surface area contributed by atoms with Crippen molar-refractivity contribution in [1.82, 2.24) is 4.57 Å². The van der Waals surface area contributed by atoms with Crippen molar-refractivity contribution in [2.75, 3.05) is 0 Å². The van der Waals surface area contributed by atoms with Crippen LogP contribution < -0.4 is 5.30 Å². The van der Waals surface area contributed by atoms with Gasteiger partial charge in [0.15, 0.2) is 0 Å². The summed E-state index contributed by atoms with van der Waals surface area (Å²) in [7, 11) is 2.80. The average molecular weight is 351 g/mol. The Kier molecular flexibility index (Phi) is 3.62. The minimum Gasteiger partial charge on any atom is -0.309 e. The lowest BCUT2D eigenvalue weighted by molar-refractivity contribution is 1.18. The van der Waals surface area contributed by atoms with Crippen molar-refractivity contribution in [3.8, 4) is 16.8 Å². The highest BCUT2D eigenvalue weighted by molar-refractivity contribution is 7.27. The Bertz CT molecular complexity index is 1240. The molecule has 0 aliphatic rings. The third-order valence-corrected chi connectivity index (χ3v) is 5.27. The largest absolute Gasteiger partial charge is 0.309 e. The summed E-state index contributed by atoms with van der Waals surface area (Å²) >= 11 is 0. The van der Waals surface area contributed by atoms with Gasteiger partial charge in [-0.15, -0.1) is 9.24 Å². The maximum atomic E-state index is 2.80. The Morgan fingerprint density at radius 2 is 1.27 bits per heavy atom. The molecule has 0 aliphatic heterocycles. The fraction of sp³-hybridized carbons (Fsp3) is 0. The summed E-state index contributed by atoms with van der Waals surface area (Å²) in [6.07, 6.45) is 0. The van der Waals surface area contributed by atoms with Gasteiger partial charge in [0.2, 0.25) is 0 Å². The number of aromatic nitrogens is 1. The van der Waals surface area contributed by atoms with Gasteiger partial charge in [0.1, 0.15) is 0 Å². The highest BCUT2D eigenvalue weighted by Crippen LogP contribution is 2.32. The van der Waals surface area contributed by atoms with Crippen molar-refractivity contribution >= 4 is 36.4 Å². The normalized spacial score (nSPS) is 11.3. The molecule has 0 spiro atoms. The van der Waals surface area contributed by atoms with Crippen molar-refractivity contribution in [3.05, 3.63) is 97.1 Å². The molecular weight excluding hydrogens is 333 g/mol. The maximum Gasteiger partial charge on any atom is 0.0541 e. The molecule has 1 heterocycles. The second-order valence-corrected chi connectivity index (χ2v) is 7.21. The van der Waals surface area contributed by atoms with Crippen LogP contribution in [-0.2, 0) is 0 Å². The molecule has 0 aliphatic carbocycles. The van der Waals surface area contributed by atoms with Crippen LogP contribution in [0.15, 0.2) is 97.1 Å². The second-order valence-electron chi connectivity index (χ2n) is 6.55. The van der Waals surface area contributed by atoms with Crippen LogP contribution in [0.25, 0.3) is 38.6 Å². The molecular formula is C24H18NP. The van der Waals surface area contributed by atoms with E-state index in [4.69, 9.17) is 0 Å². The van der Waals surface area contributed by atoms with Gasteiger partial charge in [-0.2, -0.15) is 0 Å². The van der Waals surface area contributed by atoms with Crippen LogP contribution in [0.3, 0.4) is 0 Å². The molecule has 0 amide bonds. The van der Waals surface area contributed by atoms with Gasteiger partial charge in [0.25, 0.3) is 0 Å². The predicted molar refractivity (Wildman–Crippen MR) is 116 cm³/mol. The summed E-state index contributed by atoms with van der Waals surface area (Å²) in [4.78, 5) is 0. The molecule has 0 fully saturated rings. The summed E-state index contributed by atoms with van der Waals surface area (Å²) in [5.74, 6) is 0. The molecule has 0 bridgehead atoms. The van der Waals surface area contributed by atoms with Crippen LogP contribution >= 0.6 is 9.24 Å². The van der Waals surface area contributed by atoms with Gasteiger partial charge in [0, 0.05) is 16.5 Å². The average Bonchev–Trinajstić information content (AvgIpc) is 3.02. The Balaban J connectivity index is 1.82. The molecule has 2 heteroatoms. The van der Waals surface area contributed by atoms with Gasteiger partial charge in [-0.25, -0.2) is 0 Å². The van der Waals surface area contributed by atoms with E-state index in [2.05, 4.69) is 111 Å². The molecule has 1 atom stereocenters. The second kappa shape index (κ2) is 6.12. The molecule has 5 rings (SSSR count). The number of hydrogen-bond acceptors (Lipinski definition) is 0. The Morgan fingerprint density at radius 1 is 0.538 bits per heavy atom. The van der Waals surface area contributed by atoms with E-state index in [-0.39, 0.29) is 0 Å². The van der Waals surface area contributed by atoms with Crippen LogP contribution in [0.5, 0.6) is 0 Å². The van der Waals surface area contributed by atoms with E-state index in [0.29, 0.717) is 0 Å². The van der Waals surface area contributed by atoms with Gasteiger partial charge in [-0.3, -0.25) is 0 Å². The summed E-state index contributed by atoms with van der Waals surface area (Å²) in [5, 5.41) is 3.79. The van der Waals surface area contributed by atoms with E-state index in [1.807, 2.05) is 0 Å². The number of rotatable bonds is 2. The third-order valence-electron chi connectivity index (χ3n) is 4.91.